The number of rotatable bonds is 9. The number of alkyl halides is 3. The maximum absolute atomic E-state index is 12.9. The molecule has 2 atom stereocenters. The first-order valence-electron chi connectivity index (χ1n) is 7.89. The molecule has 0 aliphatic carbocycles. The first kappa shape index (κ1) is 19.5. The second kappa shape index (κ2) is 9.55. The first-order chi connectivity index (χ1) is 10.9. The largest absolute Gasteiger partial charge is 0.461 e. The predicted molar refractivity (Wildman–Crippen MR) is 82.5 cm³/mol. The zero-order chi connectivity index (χ0) is 17.3. The van der Waals surface area contributed by atoms with Crippen molar-refractivity contribution in [1.29, 1.82) is 0 Å². The van der Waals surface area contributed by atoms with Crippen molar-refractivity contribution < 1.29 is 22.7 Å². The maximum Gasteiger partial charge on any atom is 0.404 e. The van der Waals surface area contributed by atoms with Crippen LogP contribution in [0.1, 0.15) is 44.6 Å². The zero-order valence-electron chi connectivity index (χ0n) is 13.3. The molecule has 1 aromatic carbocycles. The van der Waals surface area contributed by atoms with Gasteiger partial charge in [-0.1, -0.05) is 62.9 Å². The Morgan fingerprint density at radius 3 is 2.39 bits per heavy atom. The van der Waals surface area contributed by atoms with Gasteiger partial charge >= 0.3 is 12.1 Å². The molecule has 0 fully saturated rings. The fraction of sp³-hybridized carbons (Fsp3) is 0.588. The zero-order valence-corrected chi connectivity index (χ0v) is 13.3. The summed E-state index contributed by atoms with van der Waals surface area (Å²) in [5, 5.41) is 0. The minimum atomic E-state index is -4.61. The van der Waals surface area contributed by atoms with E-state index in [1.165, 1.54) is 0 Å². The monoisotopic (exact) mass is 331 g/mol. The van der Waals surface area contributed by atoms with E-state index in [-0.39, 0.29) is 13.0 Å². The average Bonchev–Trinajstić information content (AvgIpc) is 2.52. The summed E-state index contributed by atoms with van der Waals surface area (Å²) in [4.78, 5) is 12.1. The number of hydrogen-bond donors (Lipinski definition) is 1. The van der Waals surface area contributed by atoms with Crippen LogP contribution in [-0.2, 0) is 16.1 Å². The smallest absolute Gasteiger partial charge is 0.404 e. The van der Waals surface area contributed by atoms with Gasteiger partial charge in [-0.15, -0.1) is 0 Å². The second-order valence-corrected chi connectivity index (χ2v) is 5.62. The van der Waals surface area contributed by atoms with E-state index >= 15 is 0 Å². The molecule has 2 N–H and O–H groups in total. The van der Waals surface area contributed by atoms with E-state index in [0.717, 1.165) is 24.8 Å². The van der Waals surface area contributed by atoms with Crippen LogP contribution in [0.5, 0.6) is 0 Å². The average molecular weight is 331 g/mol. The van der Waals surface area contributed by atoms with Crippen molar-refractivity contribution in [2.45, 2.75) is 57.9 Å². The summed E-state index contributed by atoms with van der Waals surface area (Å²) >= 11 is 0. The molecule has 3 nitrogen and oxygen atoms in total. The number of esters is 1. The van der Waals surface area contributed by atoms with E-state index in [1.807, 2.05) is 6.92 Å². The highest BCUT2D eigenvalue weighted by molar-refractivity contribution is 5.73. The Balaban J connectivity index is 2.63. The third-order valence-corrected chi connectivity index (χ3v) is 3.71. The highest BCUT2D eigenvalue weighted by atomic mass is 19.4. The summed E-state index contributed by atoms with van der Waals surface area (Å²) in [6, 6.07) is 6.65. The summed E-state index contributed by atoms with van der Waals surface area (Å²) in [5.41, 5.74) is 5.98. The molecule has 0 aromatic heterocycles. The van der Waals surface area contributed by atoms with E-state index in [9.17, 15) is 18.0 Å². The van der Waals surface area contributed by atoms with Crippen LogP contribution in [0.25, 0.3) is 0 Å². The molecular weight excluding hydrogens is 307 g/mol. The molecule has 0 bridgehead atoms. The SMILES string of the molecule is CCCCCC[C@@H](C(=O)OCc1ccccc1)[C@@H](N)C(F)(F)F. The summed E-state index contributed by atoms with van der Waals surface area (Å²) in [6.07, 6.45) is -1.32. The number of nitrogens with two attached hydrogens (primary N) is 1. The number of carbonyl (C=O) groups is 1. The molecule has 0 aliphatic heterocycles. The van der Waals surface area contributed by atoms with Gasteiger partial charge in [0.05, 0.1) is 5.92 Å². The van der Waals surface area contributed by atoms with Gasteiger partial charge in [0.15, 0.2) is 0 Å². The molecule has 0 amide bonds. The number of unbranched alkanes of at least 4 members (excludes halogenated alkanes) is 3. The van der Waals surface area contributed by atoms with Gasteiger partial charge in [-0.25, -0.2) is 0 Å². The van der Waals surface area contributed by atoms with Crippen LogP contribution in [0.2, 0.25) is 0 Å². The van der Waals surface area contributed by atoms with Crippen LogP contribution in [0, 0.1) is 5.92 Å². The Morgan fingerprint density at radius 2 is 1.83 bits per heavy atom. The molecule has 130 valence electrons. The molecule has 1 rings (SSSR count). The fourth-order valence-corrected chi connectivity index (χ4v) is 2.30. The lowest BCUT2D eigenvalue weighted by Gasteiger charge is -2.24. The van der Waals surface area contributed by atoms with Gasteiger partial charge in [0, 0.05) is 0 Å². The number of halogens is 3. The number of hydrogen-bond acceptors (Lipinski definition) is 3. The van der Waals surface area contributed by atoms with Gasteiger partial charge in [0.1, 0.15) is 12.6 Å². The highest BCUT2D eigenvalue weighted by Crippen LogP contribution is 2.28. The number of benzene rings is 1. The van der Waals surface area contributed by atoms with Crippen molar-refractivity contribution in [1.82, 2.24) is 0 Å². The summed E-state index contributed by atoms with van der Waals surface area (Å²) in [5.74, 6) is -2.23. The van der Waals surface area contributed by atoms with Crippen LogP contribution in [0.3, 0.4) is 0 Å². The summed E-state index contributed by atoms with van der Waals surface area (Å²) < 4.78 is 43.6. The van der Waals surface area contributed by atoms with Gasteiger partial charge in [-0.05, 0) is 12.0 Å². The molecule has 23 heavy (non-hydrogen) atoms. The maximum atomic E-state index is 12.9. The van der Waals surface area contributed by atoms with Crippen molar-refractivity contribution in [2.24, 2.45) is 11.7 Å². The Morgan fingerprint density at radius 1 is 1.17 bits per heavy atom. The quantitative estimate of drug-likeness (QED) is 0.545. The highest BCUT2D eigenvalue weighted by Gasteiger charge is 2.45. The Bertz CT molecular complexity index is 463. The van der Waals surface area contributed by atoms with E-state index in [4.69, 9.17) is 10.5 Å². The van der Waals surface area contributed by atoms with E-state index in [1.54, 1.807) is 30.3 Å². The normalized spacial score (nSPS) is 14.3. The van der Waals surface area contributed by atoms with Crippen LogP contribution in [0.4, 0.5) is 13.2 Å². The van der Waals surface area contributed by atoms with E-state index in [0.29, 0.717) is 6.42 Å². The molecule has 0 heterocycles. The third-order valence-electron chi connectivity index (χ3n) is 3.71. The van der Waals surface area contributed by atoms with Crippen LogP contribution >= 0.6 is 0 Å². The summed E-state index contributed by atoms with van der Waals surface area (Å²) in [7, 11) is 0. The molecule has 0 saturated carbocycles. The Kier molecular flexibility index (Phi) is 8.09. The van der Waals surface area contributed by atoms with Gasteiger partial charge < -0.3 is 10.5 Å². The standard InChI is InChI=1S/C17H24F3NO2/c1-2-3-4-8-11-14(15(21)17(18,19)20)16(22)23-12-13-9-6-5-7-10-13/h5-7,9-10,14-15H,2-4,8,11-12,21H2,1H3/t14-,15-/m1/s1. The minimum absolute atomic E-state index is 0.0459. The van der Waals surface area contributed by atoms with Crippen molar-refractivity contribution >= 4 is 5.97 Å². The van der Waals surface area contributed by atoms with Crippen molar-refractivity contribution in [3.8, 4) is 0 Å². The van der Waals surface area contributed by atoms with E-state index in [2.05, 4.69) is 0 Å². The first-order valence-corrected chi connectivity index (χ1v) is 7.89. The molecule has 0 spiro atoms. The van der Waals surface area contributed by atoms with Crippen molar-refractivity contribution in [2.75, 3.05) is 0 Å². The fourth-order valence-electron chi connectivity index (χ4n) is 2.30. The molecule has 0 radical (unpaired) electrons. The van der Waals surface area contributed by atoms with Crippen molar-refractivity contribution in [3.63, 3.8) is 0 Å². The van der Waals surface area contributed by atoms with Gasteiger partial charge in [-0.2, -0.15) is 13.2 Å². The molecule has 0 unspecified atom stereocenters. The van der Waals surface area contributed by atoms with Crippen LogP contribution in [0.15, 0.2) is 30.3 Å². The van der Waals surface area contributed by atoms with E-state index < -0.39 is 24.1 Å². The summed E-state index contributed by atoms with van der Waals surface area (Å²) in [6.45, 7) is 1.96. The molecule has 1 aromatic rings. The van der Waals surface area contributed by atoms with Gasteiger partial charge in [-0.3, -0.25) is 4.79 Å². The van der Waals surface area contributed by atoms with Crippen LogP contribution in [-0.4, -0.2) is 18.2 Å². The minimum Gasteiger partial charge on any atom is -0.461 e. The Hall–Kier alpha value is -1.56. The number of carbonyl (C=O) groups excluding carboxylic acids is 1. The lowest BCUT2D eigenvalue weighted by molar-refractivity contribution is -0.177. The lowest BCUT2D eigenvalue weighted by atomic mass is 9.93. The van der Waals surface area contributed by atoms with Crippen molar-refractivity contribution in [3.05, 3.63) is 35.9 Å². The molecule has 0 saturated heterocycles. The molecule has 6 heteroatoms. The second-order valence-electron chi connectivity index (χ2n) is 5.62. The van der Waals surface area contributed by atoms with Gasteiger partial charge in [0.25, 0.3) is 0 Å². The van der Waals surface area contributed by atoms with Gasteiger partial charge in [0.2, 0.25) is 0 Å². The lowest BCUT2D eigenvalue weighted by Crippen LogP contribution is -2.47. The number of ether oxygens (including phenoxy) is 1. The predicted octanol–water partition coefficient (Wildman–Crippen LogP) is 4.21. The third kappa shape index (κ3) is 7.03. The Labute approximate surface area is 135 Å². The molecular formula is C17H24F3NO2. The molecule has 0 aliphatic rings. The van der Waals surface area contributed by atoms with Crippen LogP contribution < -0.4 is 5.73 Å². The topological polar surface area (TPSA) is 52.3 Å².